The number of hydrogen-bond donors (Lipinski definition) is 1. The van der Waals surface area contributed by atoms with Gasteiger partial charge in [0, 0.05) is 0 Å². The van der Waals surface area contributed by atoms with Gasteiger partial charge in [-0.2, -0.15) is 0 Å². The molecule has 1 aromatic rings. The minimum atomic E-state index is -0.583. The van der Waals surface area contributed by atoms with Crippen molar-refractivity contribution in [1.82, 2.24) is 4.98 Å². The Morgan fingerprint density at radius 3 is 2.08 bits per heavy atom. The third-order valence-electron chi connectivity index (χ3n) is 1.22. The largest absolute Gasteiger partial charge is 0.364 e. The Labute approximate surface area is 108 Å². The van der Waals surface area contributed by atoms with E-state index in [1.807, 2.05) is 0 Å². The van der Waals surface area contributed by atoms with Crippen molar-refractivity contribution in [2.45, 2.75) is 0 Å². The highest BCUT2D eigenvalue weighted by Gasteiger charge is 2.16. The van der Waals surface area contributed by atoms with Crippen LogP contribution in [0.1, 0.15) is 10.5 Å². The minimum absolute atomic E-state index is 0.182. The highest BCUT2D eigenvalue weighted by molar-refractivity contribution is 9.15. The molecule has 0 aliphatic carbocycles. The van der Waals surface area contributed by atoms with E-state index in [-0.39, 0.29) is 5.69 Å². The van der Waals surface area contributed by atoms with E-state index in [2.05, 4.69) is 68.7 Å². The number of halogens is 4. The van der Waals surface area contributed by atoms with E-state index in [9.17, 15) is 4.79 Å². The fraction of sp³-hybridized carbons (Fsp3) is 0. The van der Waals surface area contributed by atoms with E-state index < -0.39 is 5.91 Å². The van der Waals surface area contributed by atoms with Crippen LogP contribution in [0.2, 0.25) is 0 Å². The molecule has 0 fully saturated rings. The second-order valence-electron chi connectivity index (χ2n) is 2.06. The summed E-state index contributed by atoms with van der Waals surface area (Å²) in [6.07, 6.45) is 0. The normalized spacial score (nSPS) is 10.2. The summed E-state index contributed by atoms with van der Waals surface area (Å²) >= 11 is 12.9. The molecule has 2 N–H and O–H groups in total. The third-order valence-corrected chi connectivity index (χ3v) is 5.72. The Bertz CT molecular complexity index is 379. The van der Waals surface area contributed by atoms with Crippen LogP contribution >= 0.6 is 63.7 Å². The lowest BCUT2D eigenvalue weighted by atomic mass is 10.3. The summed E-state index contributed by atoms with van der Waals surface area (Å²) in [6.45, 7) is 0. The molecule has 0 aromatic carbocycles. The van der Waals surface area contributed by atoms with Crippen LogP contribution in [0.25, 0.3) is 0 Å². The molecular formula is C6H2Br4N2O. The van der Waals surface area contributed by atoms with E-state index in [0.717, 1.165) is 4.47 Å². The maximum Gasteiger partial charge on any atom is 0.268 e. The molecule has 0 unspecified atom stereocenters. The van der Waals surface area contributed by atoms with Crippen molar-refractivity contribution in [3.05, 3.63) is 23.7 Å². The van der Waals surface area contributed by atoms with Gasteiger partial charge in [-0.15, -0.1) is 0 Å². The molecule has 1 aromatic heterocycles. The number of carbonyl (C=O) groups excluding carboxylic acids is 1. The zero-order valence-electron chi connectivity index (χ0n) is 5.94. The van der Waals surface area contributed by atoms with Gasteiger partial charge in [-0.1, -0.05) is 0 Å². The molecule has 0 saturated carbocycles. The molecule has 1 amide bonds. The van der Waals surface area contributed by atoms with Crippen LogP contribution in [0.4, 0.5) is 0 Å². The quantitative estimate of drug-likeness (QED) is 0.686. The molecular weight excluding hydrogens is 436 g/mol. The molecule has 0 atom stereocenters. The summed E-state index contributed by atoms with van der Waals surface area (Å²) < 4.78 is 2.49. The summed E-state index contributed by atoms with van der Waals surface area (Å²) in [5, 5.41) is 0. The van der Waals surface area contributed by atoms with Gasteiger partial charge in [0.1, 0.15) is 10.3 Å². The van der Waals surface area contributed by atoms with Crippen molar-refractivity contribution >= 4 is 69.6 Å². The van der Waals surface area contributed by atoms with Crippen LogP contribution in [0.15, 0.2) is 18.0 Å². The first-order valence-electron chi connectivity index (χ1n) is 2.95. The SMILES string of the molecule is NC(=O)c1nc(Br)c(Br)c(Br)c1Br. The van der Waals surface area contributed by atoms with E-state index in [0.29, 0.717) is 13.5 Å². The van der Waals surface area contributed by atoms with Crippen molar-refractivity contribution in [1.29, 1.82) is 0 Å². The molecule has 7 heteroatoms. The van der Waals surface area contributed by atoms with Crippen LogP contribution in [-0.2, 0) is 0 Å². The lowest BCUT2D eigenvalue weighted by Gasteiger charge is -2.05. The summed E-state index contributed by atoms with van der Waals surface area (Å²) in [4.78, 5) is 14.9. The first-order chi connectivity index (χ1) is 5.95. The van der Waals surface area contributed by atoms with E-state index in [1.165, 1.54) is 0 Å². The molecule has 1 rings (SSSR count). The van der Waals surface area contributed by atoms with Crippen LogP contribution in [0.3, 0.4) is 0 Å². The van der Waals surface area contributed by atoms with Gasteiger partial charge >= 0.3 is 0 Å². The predicted octanol–water partition coefficient (Wildman–Crippen LogP) is 3.23. The van der Waals surface area contributed by atoms with Crippen LogP contribution in [0, 0.1) is 0 Å². The number of nitrogens with two attached hydrogens (primary N) is 1. The number of pyridine rings is 1. The maximum absolute atomic E-state index is 10.9. The van der Waals surface area contributed by atoms with Gasteiger partial charge in [-0.25, -0.2) is 4.98 Å². The van der Waals surface area contributed by atoms with Gasteiger partial charge in [0.2, 0.25) is 0 Å². The lowest BCUT2D eigenvalue weighted by Crippen LogP contribution is -2.14. The average Bonchev–Trinajstić information content (AvgIpc) is 2.07. The van der Waals surface area contributed by atoms with Crippen molar-refractivity contribution < 1.29 is 4.79 Å². The molecule has 1 heterocycles. The molecule has 0 aliphatic heterocycles. The Morgan fingerprint density at radius 2 is 1.62 bits per heavy atom. The van der Waals surface area contributed by atoms with Gasteiger partial charge in [-0.05, 0) is 63.7 Å². The Morgan fingerprint density at radius 1 is 1.08 bits per heavy atom. The molecule has 0 bridgehead atoms. The van der Waals surface area contributed by atoms with Crippen molar-refractivity contribution in [3.8, 4) is 0 Å². The Hall–Kier alpha value is 0.540. The topological polar surface area (TPSA) is 56.0 Å². The number of amides is 1. The number of hydrogen-bond acceptors (Lipinski definition) is 2. The summed E-state index contributed by atoms with van der Waals surface area (Å²) in [5.74, 6) is -0.583. The standard InChI is InChI=1S/C6H2Br4N2O/c7-1-2(8)4(6(11)13)12-5(10)3(1)9/h(H2,11,13). The second kappa shape index (κ2) is 4.37. The zero-order chi connectivity index (χ0) is 10.2. The van der Waals surface area contributed by atoms with Gasteiger partial charge in [0.25, 0.3) is 5.91 Å². The minimum Gasteiger partial charge on any atom is -0.364 e. The monoisotopic (exact) mass is 434 g/mol. The van der Waals surface area contributed by atoms with Crippen molar-refractivity contribution in [3.63, 3.8) is 0 Å². The van der Waals surface area contributed by atoms with Crippen LogP contribution < -0.4 is 5.73 Å². The predicted molar refractivity (Wildman–Crippen MR) is 63.6 cm³/mol. The first kappa shape index (κ1) is 11.6. The number of aromatic nitrogens is 1. The Balaban J connectivity index is 3.50. The van der Waals surface area contributed by atoms with Crippen LogP contribution in [0.5, 0.6) is 0 Å². The molecule has 70 valence electrons. The van der Waals surface area contributed by atoms with Crippen molar-refractivity contribution in [2.75, 3.05) is 0 Å². The average molecular weight is 438 g/mol. The zero-order valence-corrected chi connectivity index (χ0v) is 12.3. The molecule has 0 spiro atoms. The second-order valence-corrected chi connectivity index (χ2v) is 5.19. The van der Waals surface area contributed by atoms with Gasteiger partial charge < -0.3 is 5.73 Å². The van der Waals surface area contributed by atoms with Gasteiger partial charge in [-0.3, -0.25) is 4.79 Å². The fourth-order valence-corrected chi connectivity index (χ4v) is 2.70. The Kier molecular flexibility index (Phi) is 3.91. The number of nitrogens with zero attached hydrogens (tertiary/aromatic N) is 1. The first-order valence-corrected chi connectivity index (χ1v) is 6.12. The van der Waals surface area contributed by atoms with Crippen molar-refractivity contribution in [2.24, 2.45) is 5.73 Å². The number of rotatable bonds is 1. The lowest BCUT2D eigenvalue weighted by molar-refractivity contribution is 0.0994. The summed E-state index contributed by atoms with van der Waals surface area (Å²) in [7, 11) is 0. The third kappa shape index (κ3) is 2.31. The van der Waals surface area contributed by atoms with Crippen LogP contribution in [-0.4, -0.2) is 10.9 Å². The molecule has 3 nitrogen and oxygen atoms in total. The van der Waals surface area contributed by atoms with E-state index in [4.69, 9.17) is 5.73 Å². The molecule has 0 saturated heterocycles. The smallest absolute Gasteiger partial charge is 0.268 e. The maximum atomic E-state index is 10.9. The summed E-state index contributed by atoms with van der Waals surface area (Å²) in [5.41, 5.74) is 5.30. The fourth-order valence-electron chi connectivity index (χ4n) is 0.650. The molecule has 0 aliphatic rings. The molecule has 13 heavy (non-hydrogen) atoms. The van der Waals surface area contributed by atoms with E-state index in [1.54, 1.807) is 0 Å². The highest BCUT2D eigenvalue weighted by atomic mass is 79.9. The van der Waals surface area contributed by atoms with E-state index >= 15 is 0 Å². The molecule has 0 radical (unpaired) electrons. The highest BCUT2D eigenvalue weighted by Crippen LogP contribution is 2.36. The van der Waals surface area contributed by atoms with Gasteiger partial charge in [0.05, 0.1) is 13.4 Å². The number of primary amides is 1. The van der Waals surface area contributed by atoms with Gasteiger partial charge in [0.15, 0.2) is 0 Å². The summed E-state index contributed by atoms with van der Waals surface area (Å²) in [6, 6.07) is 0. The number of carbonyl (C=O) groups is 1.